The summed E-state index contributed by atoms with van der Waals surface area (Å²) in [5.74, 6) is 3.22. The Bertz CT molecular complexity index is 770. The molecule has 7 heteroatoms. The van der Waals surface area contributed by atoms with Gasteiger partial charge in [-0.05, 0) is 31.6 Å². The number of rotatable bonds is 5. The molecule has 2 aromatic rings. The number of nitrogens with two attached hydrogens (primary N) is 1. The third-order valence-electron chi connectivity index (χ3n) is 5.38. The zero-order valence-electron chi connectivity index (χ0n) is 14.1. The maximum atomic E-state index is 12.4. The standard InChI is InChI=1S/C17H25N5O2/c1-21-15(8-12-4-2-3-5-13(12)18)20-22(17(21)23)10-16-19-9-14(24-16)11-6-7-11/h9,11-13H,2-8,10,18H2,1H3/t12-,13-/m1/s1. The smallest absolute Gasteiger partial charge is 0.346 e. The topological polar surface area (TPSA) is 91.9 Å². The van der Waals surface area contributed by atoms with Crippen molar-refractivity contribution in [3.05, 3.63) is 34.2 Å². The van der Waals surface area contributed by atoms with Gasteiger partial charge in [0.15, 0.2) is 0 Å². The van der Waals surface area contributed by atoms with Gasteiger partial charge in [0.1, 0.15) is 18.1 Å². The van der Waals surface area contributed by atoms with Crippen molar-refractivity contribution < 1.29 is 4.42 Å². The van der Waals surface area contributed by atoms with Gasteiger partial charge in [-0.1, -0.05) is 12.8 Å². The summed E-state index contributed by atoms with van der Waals surface area (Å²) in [6.45, 7) is 0.288. The van der Waals surface area contributed by atoms with Crippen LogP contribution in [-0.2, 0) is 20.0 Å². The van der Waals surface area contributed by atoms with Gasteiger partial charge in [-0.3, -0.25) is 4.57 Å². The van der Waals surface area contributed by atoms with Crippen LogP contribution in [0, 0.1) is 5.92 Å². The third-order valence-corrected chi connectivity index (χ3v) is 5.38. The maximum absolute atomic E-state index is 12.4. The second-order valence-corrected chi connectivity index (χ2v) is 7.26. The zero-order valence-corrected chi connectivity index (χ0v) is 14.1. The summed E-state index contributed by atoms with van der Waals surface area (Å²) in [5.41, 5.74) is 6.11. The molecule has 2 saturated carbocycles. The van der Waals surface area contributed by atoms with Crippen LogP contribution in [-0.4, -0.2) is 25.4 Å². The largest absolute Gasteiger partial charge is 0.443 e. The Hall–Kier alpha value is -1.89. The van der Waals surface area contributed by atoms with E-state index in [1.165, 1.54) is 30.4 Å². The van der Waals surface area contributed by atoms with Crippen LogP contribution in [0.1, 0.15) is 61.9 Å². The fraction of sp³-hybridized carbons (Fsp3) is 0.706. The molecule has 24 heavy (non-hydrogen) atoms. The first-order valence-electron chi connectivity index (χ1n) is 8.94. The monoisotopic (exact) mass is 331 g/mol. The van der Waals surface area contributed by atoms with E-state index in [4.69, 9.17) is 10.2 Å². The highest BCUT2D eigenvalue weighted by Gasteiger charge is 2.28. The minimum Gasteiger partial charge on any atom is -0.443 e. The Kier molecular flexibility index (Phi) is 4.04. The summed E-state index contributed by atoms with van der Waals surface area (Å²) in [4.78, 5) is 16.7. The molecule has 0 bridgehead atoms. The minimum atomic E-state index is -0.124. The first-order chi connectivity index (χ1) is 11.6. The number of hydrogen-bond donors (Lipinski definition) is 1. The quantitative estimate of drug-likeness (QED) is 0.897. The minimum absolute atomic E-state index is 0.124. The first-order valence-corrected chi connectivity index (χ1v) is 8.94. The predicted octanol–water partition coefficient (Wildman–Crippen LogP) is 1.56. The molecular weight excluding hydrogens is 306 g/mol. The SMILES string of the molecule is Cn1c(C[C@H]2CCCC[C@H]2N)nn(Cc2ncc(C3CC3)o2)c1=O. The van der Waals surface area contributed by atoms with E-state index in [-0.39, 0.29) is 18.3 Å². The van der Waals surface area contributed by atoms with Gasteiger partial charge in [-0.25, -0.2) is 14.5 Å². The van der Waals surface area contributed by atoms with Gasteiger partial charge in [0.05, 0.1) is 6.20 Å². The van der Waals surface area contributed by atoms with Crippen molar-refractivity contribution in [1.29, 1.82) is 0 Å². The first kappa shape index (κ1) is 15.6. The van der Waals surface area contributed by atoms with Crippen LogP contribution < -0.4 is 11.4 Å². The molecule has 130 valence electrons. The summed E-state index contributed by atoms with van der Waals surface area (Å²) in [6, 6.07) is 0.215. The van der Waals surface area contributed by atoms with E-state index in [0.717, 1.165) is 30.8 Å². The lowest BCUT2D eigenvalue weighted by Crippen LogP contribution is -2.35. The number of aromatic nitrogens is 4. The fourth-order valence-corrected chi connectivity index (χ4v) is 3.62. The molecule has 2 aliphatic rings. The molecule has 2 heterocycles. The van der Waals surface area contributed by atoms with Crippen molar-refractivity contribution in [2.75, 3.05) is 0 Å². The van der Waals surface area contributed by atoms with Crippen molar-refractivity contribution in [1.82, 2.24) is 19.3 Å². The third kappa shape index (κ3) is 3.05. The van der Waals surface area contributed by atoms with Gasteiger partial charge in [0.25, 0.3) is 0 Å². The van der Waals surface area contributed by atoms with Crippen LogP contribution in [0.5, 0.6) is 0 Å². The van der Waals surface area contributed by atoms with E-state index in [9.17, 15) is 4.79 Å². The van der Waals surface area contributed by atoms with Crippen molar-refractivity contribution in [2.24, 2.45) is 18.7 Å². The summed E-state index contributed by atoms with van der Waals surface area (Å²) in [7, 11) is 1.78. The highest BCUT2D eigenvalue weighted by Crippen LogP contribution is 2.40. The molecule has 2 aromatic heterocycles. The van der Waals surface area contributed by atoms with E-state index >= 15 is 0 Å². The molecule has 0 aromatic carbocycles. The summed E-state index contributed by atoms with van der Waals surface area (Å²) in [6.07, 6.45) is 9.49. The average molecular weight is 331 g/mol. The normalized spacial score (nSPS) is 24.4. The molecule has 0 radical (unpaired) electrons. The van der Waals surface area contributed by atoms with Gasteiger partial charge in [0, 0.05) is 25.4 Å². The Balaban J connectivity index is 1.50. The summed E-state index contributed by atoms with van der Waals surface area (Å²) in [5, 5.41) is 4.51. The molecule has 2 aliphatic carbocycles. The summed E-state index contributed by atoms with van der Waals surface area (Å²) < 4.78 is 8.82. The Labute approximate surface area is 140 Å². The number of nitrogens with zero attached hydrogens (tertiary/aromatic N) is 4. The van der Waals surface area contributed by atoms with Crippen LogP contribution in [0.2, 0.25) is 0 Å². The van der Waals surface area contributed by atoms with Gasteiger partial charge in [-0.2, -0.15) is 5.10 Å². The fourth-order valence-electron chi connectivity index (χ4n) is 3.62. The van der Waals surface area contributed by atoms with Crippen LogP contribution in [0.4, 0.5) is 0 Å². The number of hydrogen-bond acceptors (Lipinski definition) is 5. The second-order valence-electron chi connectivity index (χ2n) is 7.26. The molecule has 0 unspecified atom stereocenters. The second kappa shape index (κ2) is 6.20. The van der Waals surface area contributed by atoms with Crippen molar-refractivity contribution in [3.63, 3.8) is 0 Å². The zero-order chi connectivity index (χ0) is 16.7. The van der Waals surface area contributed by atoms with E-state index < -0.39 is 0 Å². The molecule has 2 fully saturated rings. The van der Waals surface area contributed by atoms with Crippen LogP contribution in [0.25, 0.3) is 0 Å². The van der Waals surface area contributed by atoms with E-state index in [2.05, 4.69) is 10.1 Å². The van der Waals surface area contributed by atoms with Gasteiger partial charge in [0.2, 0.25) is 5.89 Å². The average Bonchev–Trinajstić information content (AvgIpc) is 3.27. The van der Waals surface area contributed by atoms with Gasteiger partial charge < -0.3 is 10.2 Å². The lowest BCUT2D eigenvalue weighted by Gasteiger charge is -2.27. The Morgan fingerprint density at radius 3 is 2.83 bits per heavy atom. The van der Waals surface area contributed by atoms with Crippen molar-refractivity contribution in [3.8, 4) is 0 Å². The highest BCUT2D eigenvalue weighted by atomic mass is 16.4. The Morgan fingerprint density at radius 2 is 2.08 bits per heavy atom. The maximum Gasteiger partial charge on any atom is 0.346 e. The lowest BCUT2D eigenvalue weighted by molar-refractivity contribution is 0.300. The molecule has 7 nitrogen and oxygen atoms in total. The summed E-state index contributed by atoms with van der Waals surface area (Å²) >= 11 is 0. The molecule has 0 amide bonds. The molecule has 0 aliphatic heterocycles. The van der Waals surface area contributed by atoms with Crippen LogP contribution in [0.15, 0.2) is 15.4 Å². The van der Waals surface area contributed by atoms with E-state index in [0.29, 0.717) is 17.7 Å². The van der Waals surface area contributed by atoms with Crippen molar-refractivity contribution in [2.45, 2.75) is 63.5 Å². The van der Waals surface area contributed by atoms with Crippen LogP contribution in [0.3, 0.4) is 0 Å². The van der Waals surface area contributed by atoms with Crippen LogP contribution >= 0.6 is 0 Å². The highest BCUT2D eigenvalue weighted by molar-refractivity contribution is 5.08. The molecule has 0 saturated heterocycles. The van der Waals surface area contributed by atoms with Gasteiger partial charge in [-0.15, -0.1) is 0 Å². The number of oxazole rings is 1. The molecule has 4 rings (SSSR count). The molecule has 2 N–H and O–H groups in total. The predicted molar refractivity (Wildman–Crippen MR) is 88.7 cm³/mol. The van der Waals surface area contributed by atoms with E-state index in [1.807, 2.05) is 0 Å². The Morgan fingerprint density at radius 1 is 1.29 bits per heavy atom. The molecule has 0 spiro atoms. The molecule has 2 atom stereocenters. The molecular formula is C17H25N5O2. The van der Waals surface area contributed by atoms with Crippen molar-refractivity contribution >= 4 is 0 Å². The lowest BCUT2D eigenvalue weighted by atomic mass is 9.83. The van der Waals surface area contributed by atoms with Gasteiger partial charge >= 0.3 is 5.69 Å². The van der Waals surface area contributed by atoms with E-state index in [1.54, 1.807) is 17.8 Å².